The zero-order valence-corrected chi connectivity index (χ0v) is 17.2. The van der Waals surface area contributed by atoms with E-state index in [4.69, 9.17) is 18.9 Å². The highest BCUT2D eigenvalue weighted by Gasteiger charge is 2.10. The van der Waals surface area contributed by atoms with Crippen molar-refractivity contribution in [2.75, 3.05) is 34.0 Å². The monoisotopic (exact) mass is 401 g/mol. The van der Waals surface area contributed by atoms with E-state index in [-0.39, 0.29) is 19.1 Å². The van der Waals surface area contributed by atoms with Crippen molar-refractivity contribution < 1.29 is 28.5 Å². The van der Waals surface area contributed by atoms with Crippen LogP contribution in [0.1, 0.15) is 16.7 Å². The molecule has 2 rings (SSSR count). The van der Waals surface area contributed by atoms with Gasteiger partial charge in [-0.05, 0) is 55.2 Å². The standard InChI is InChI=1S/C22H27NO6/c1-15-6-5-7-18(16(15)2)28-14-22(25)29-13-21(24)23-11-10-17-8-9-19(26-3)20(12-17)27-4/h5-9,12H,10-11,13-14H2,1-4H3,(H,23,24). The van der Waals surface area contributed by atoms with Gasteiger partial charge in [-0.1, -0.05) is 18.2 Å². The number of carbonyl (C=O) groups is 2. The van der Waals surface area contributed by atoms with E-state index in [1.807, 2.05) is 44.2 Å². The Balaban J connectivity index is 1.69. The fourth-order valence-corrected chi connectivity index (χ4v) is 2.64. The molecule has 0 aliphatic rings. The molecule has 2 aromatic carbocycles. The minimum atomic E-state index is -0.596. The maximum atomic E-state index is 11.9. The van der Waals surface area contributed by atoms with Gasteiger partial charge in [-0.15, -0.1) is 0 Å². The lowest BCUT2D eigenvalue weighted by Gasteiger charge is -2.11. The third kappa shape index (κ3) is 6.71. The predicted octanol–water partition coefficient (Wildman–Crippen LogP) is 2.60. The molecule has 0 fully saturated rings. The van der Waals surface area contributed by atoms with E-state index in [0.29, 0.717) is 30.2 Å². The minimum absolute atomic E-state index is 0.247. The number of amides is 1. The summed E-state index contributed by atoms with van der Waals surface area (Å²) in [6.07, 6.45) is 0.607. The largest absolute Gasteiger partial charge is 0.493 e. The number of nitrogens with one attached hydrogen (secondary N) is 1. The van der Waals surface area contributed by atoms with Crippen LogP contribution in [0.3, 0.4) is 0 Å². The van der Waals surface area contributed by atoms with Gasteiger partial charge in [-0.25, -0.2) is 4.79 Å². The summed E-state index contributed by atoms with van der Waals surface area (Å²) < 4.78 is 20.9. The van der Waals surface area contributed by atoms with Crippen LogP contribution in [0.25, 0.3) is 0 Å². The first kappa shape index (κ1) is 22.1. The number of hydrogen-bond acceptors (Lipinski definition) is 6. The van der Waals surface area contributed by atoms with E-state index in [0.717, 1.165) is 16.7 Å². The average Bonchev–Trinajstić information content (AvgIpc) is 2.73. The van der Waals surface area contributed by atoms with E-state index in [2.05, 4.69) is 5.32 Å². The molecular formula is C22H27NO6. The van der Waals surface area contributed by atoms with Crippen LogP contribution in [0.2, 0.25) is 0 Å². The van der Waals surface area contributed by atoms with Crippen molar-refractivity contribution in [2.45, 2.75) is 20.3 Å². The molecule has 7 heteroatoms. The zero-order chi connectivity index (χ0) is 21.2. The fraction of sp³-hybridized carbons (Fsp3) is 0.364. The number of aryl methyl sites for hydroxylation is 1. The first-order valence-corrected chi connectivity index (χ1v) is 9.26. The molecule has 7 nitrogen and oxygen atoms in total. The van der Waals surface area contributed by atoms with E-state index in [1.165, 1.54) is 0 Å². The SMILES string of the molecule is COc1ccc(CCNC(=O)COC(=O)COc2cccc(C)c2C)cc1OC. The predicted molar refractivity (Wildman–Crippen MR) is 109 cm³/mol. The van der Waals surface area contributed by atoms with Crippen LogP contribution < -0.4 is 19.5 Å². The van der Waals surface area contributed by atoms with Gasteiger partial charge in [0.25, 0.3) is 5.91 Å². The van der Waals surface area contributed by atoms with E-state index in [9.17, 15) is 9.59 Å². The van der Waals surface area contributed by atoms with Crippen LogP contribution in [-0.4, -0.2) is 45.9 Å². The summed E-state index contributed by atoms with van der Waals surface area (Å²) in [7, 11) is 3.15. The van der Waals surface area contributed by atoms with Gasteiger partial charge >= 0.3 is 5.97 Å². The second kappa shape index (κ2) is 10.9. The molecule has 0 spiro atoms. The van der Waals surface area contributed by atoms with Crippen molar-refractivity contribution in [3.8, 4) is 17.2 Å². The smallest absolute Gasteiger partial charge is 0.344 e. The van der Waals surface area contributed by atoms with Gasteiger partial charge in [-0.3, -0.25) is 4.79 Å². The van der Waals surface area contributed by atoms with E-state index < -0.39 is 5.97 Å². The highest BCUT2D eigenvalue weighted by atomic mass is 16.6. The first-order valence-electron chi connectivity index (χ1n) is 9.26. The molecule has 29 heavy (non-hydrogen) atoms. The van der Waals surface area contributed by atoms with Gasteiger partial charge in [0, 0.05) is 6.54 Å². The maximum Gasteiger partial charge on any atom is 0.344 e. The Morgan fingerprint density at radius 3 is 2.41 bits per heavy atom. The molecule has 1 amide bonds. The van der Waals surface area contributed by atoms with Crippen molar-refractivity contribution in [1.82, 2.24) is 5.32 Å². The average molecular weight is 401 g/mol. The Labute approximate surface area is 170 Å². The molecule has 0 saturated carbocycles. The van der Waals surface area contributed by atoms with E-state index >= 15 is 0 Å². The van der Waals surface area contributed by atoms with Gasteiger partial charge < -0.3 is 24.3 Å². The third-order valence-corrected chi connectivity index (χ3v) is 4.45. The van der Waals surface area contributed by atoms with Crippen LogP contribution >= 0.6 is 0 Å². The summed E-state index contributed by atoms with van der Waals surface area (Å²) >= 11 is 0. The Bertz CT molecular complexity index is 849. The summed E-state index contributed by atoms with van der Waals surface area (Å²) in [5.41, 5.74) is 3.03. The molecule has 0 aliphatic heterocycles. The van der Waals surface area contributed by atoms with Crippen LogP contribution in [-0.2, 0) is 20.7 Å². The normalized spacial score (nSPS) is 10.2. The number of hydrogen-bond donors (Lipinski definition) is 1. The summed E-state index contributed by atoms with van der Waals surface area (Å²) in [6, 6.07) is 11.2. The van der Waals surface area contributed by atoms with Gasteiger partial charge in [0.05, 0.1) is 14.2 Å². The minimum Gasteiger partial charge on any atom is -0.493 e. The van der Waals surface area contributed by atoms with Crippen molar-refractivity contribution in [1.29, 1.82) is 0 Å². The number of carbonyl (C=O) groups excluding carboxylic acids is 2. The van der Waals surface area contributed by atoms with Crippen LogP contribution in [0.5, 0.6) is 17.2 Å². The van der Waals surface area contributed by atoms with Gasteiger partial charge in [-0.2, -0.15) is 0 Å². The molecule has 1 N–H and O–H groups in total. The second-order valence-corrected chi connectivity index (χ2v) is 6.44. The van der Waals surface area contributed by atoms with Crippen molar-refractivity contribution in [3.63, 3.8) is 0 Å². The second-order valence-electron chi connectivity index (χ2n) is 6.44. The number of ether oxygens (including phenoxy) is 4. The van der Waals surface area contributed by atoms with Crippen LogP contribution in [0.15, 0.2) is 36.4 Å². The number of methoxy groups -OCH3 is 2. The maximum absolute atomic E-state index is 11.9. The quantitative estimate of drug-likeness (QED) is 0.616. The van der Waals surface area contributed by atoms with Crippen molar-refractivity contribution in [3.05, 3.63) is 53.1 Å². The lowest BCUT2D eigenvalue weighted by atomic mass is 10.1. The number of rotatable bonds is 10. The van der Waals surface area contributed by atoms with Crippen LogP contribution in [0, 0.1) is 13.8 Å². The third-order valence-electron chi connectivity index (χ3n) is 4.45. The Morgan fingerprint density at radius 2 is 1.69 bits per heavy atom. The molecule has 0 aromatic heterocycles. The fourth-order valence-electron chi connectivity index (χ4n) is 2.64. The van der Waals surface area contributed by atoms with Crippen LogP contribution in [0.4, 0.5) is 0 Å². The molecule has 0 aliphatic carbocycles. The molecule has 0 unspecified atom stereocenters. The summed E-state index contributed by atoms with van der Waals surface area (Å²) in [5.74, 6) is 0.942. The molecule has 2 aromatic rings. The van der Waals surface area contributed by atoms with Crippen molar-refractivity contribution >= 4 is 11.9 Å². The topological polar surface area (TPSA) is 83.1 Å². The lowest BCUT2D eigenvalue weighted by Crippen LogP contribution is -2.31. The number of benzene rings is 2. The highest BCUT2D eigenvalue weighted by molar-refractivity contribution is 5.80. The zero-order valence-electron chi connectivity index (χ0n) is 17.2. The van der Waals surface area contributed by atoms with Gasteiger partial charge in [0.1, 0.15) is 5.75 Å². The molecule has 0 atom stereocenters. The summed E-state index contributed by atoms with van der Waals surface area (Å²) in [6.45, 7) is 3.70. The van der Waals surface area contributed by atoms with Gasteiger partial charge in [0.2, 0.25) is 0 Å². The van der Waals surface area contributed by atoms with Crippen molar-refractivity contribution in [2.24, 2.45) is 0 Å². The lowest BCUT2D eigenvalue weighted by molar-refractivity contribution is -0.150. The molecule has 0 saturated heterocycles. The van der Waals surface area contributed by atoms with Gasteiger partial charge in [0.15, 0.2) is 24.7 Å². The van der Waals surface area contributed by atoms with E-state index in [1.54, 1.807) is 20.3 Å². The number of esters is 1. The molecule has 156 valence electrons. The molecular weight excluding hydrogens is 374 g/mol. The summed E-state index contributed by atoms with van der Waals surface area (Å²) in [4.78, 5) is 23.7. The molecule has 0 bridgehead atoms. The highest BCUT2D eigenvalue weighted by Crippen LogP contribution is 2.27. The summed E-state index contributed by atoms with van der Waals surface area (Å²) in [5, 5.41) is 2.71. The Morgan fingerprint density at radius 1 is 0.931 bits per heavy atom. The first-order chi connectivity index (χ1) is 13.9. The molecule has 0 heterocycles. The molecule has 0 radical (unpaired) electrons. The Kier molecular flexibility index (Phi) is 8.33. The Hall–Kier alpha value is -3.22.